The number of hydrogen-bond acceptors (Lipinski definition) is 11. The summed E-state index contributed by atoms with van der Waals surface area (Å²) in [6.45, 7) is 2.68. The molecule has 0 aliphatic heterocycles. The molecule has 4 aromatic rings. The van der Waals surface area contributed by atoms with Crippen molar-refractivity contribution in [3.8, 4) is 16.3 Å². The molecule has 0 spiro atoms. The molecule has 0 aliphatic carbocycles. The molecule has 0 radical (unpaired) electrons. The highest BCUT2D eigenvalue weighted by atomic mass is 32.2. The van der Waals surface area contributed by atoms with Crippen LogP contribution >= 0.6 is 11.3 Å². The standard InChI is InChI=1S/C25H22N4O9S3/c1-13-8-10-18-22(23(13)41(35,36)37)39-25(27-18)15-9-11-17(20(12-15)40(32,33)34)28-29-21(14(2)30)24(31)26-16-6-4-5-7-19(16)38-3/h4-12,30H,1-3H3,(H,26,31)(H,32,33,34)(H,35,36,37)/b21-14-,29-28?. The van der Waals surface area contributed by atoms with Crippen LogP contribution in [0.5, 0.6) is 5.75 Å². The van der Waals surface area contributed by atoms with Crippen molar-refractivity contribution in [2.45, 2.75) is 23.6 Å². The van der Waals surface area contributed by atoms with Gasteiger partial charge in [-0.05, 0) is 55.8 Å². The topological polar surface area (TPSA) is 205 Å². The Balaban J connectivity index is 1.74. The van der Waals surface area contributed by atoms with Crippen molar-refractivity contribution in [2.24, 2.45) is 10.2 Å². The number of aliphatic hydroxyl groups excluding tert-OH is 1. The number of nitrogens with zero attached hydrogens (tertiary/aromatic N) is 3. The predicted octanol–water partition coefficient (Wildman–Crippen LogP) is 5.29. The van der Waals surface area contributed by atoms with Crippen LogP contribution in [0.1, 0.15) is 12.5 Å². The minimum Gasteiger partial charge on any atom is -0.510 e. The van der Waals surface area contributed by atoms with Crippen molar-refractivity contribution in [1.29, 1.82) is 0 Å². The largest absolute Gasteiger partial charge is 0.510 e. The second-order valence-corrected chi connectivity index (χ2v) is 12.2. The fourth-order valence-electron chi connectivity index (χ4n) is 3.76. The molecule has 0 saturated heterocycles. The van der Waals surface area contributed by atoms with Crippen molar-refractivity contribution < 1.29 is 40.6 Å². The van der Waals surface area contributed by atoms with Crippen molar-refractivity contribution in [3.05, 3.63) is 71.6 Å². The summed E-state index contributed by atoms with van der Waals surface area (Å²) < 4.78 is 73.3. The smallest absolute Gasteiger partial charge is 0.296 e. The van der Waals surface area contributed by atoms with Crippen LogP contribution in [0.4, 0.5) is 11.4 Å². The number of carbonyl (C=O) groups excluding carboxylic acids is 1. The van der Waals surface area contributed by atoms with E-state index in [9.17, 15) is 35.8 Å². The lowest BCUT2D eigenvalue weighted by Gasteiger charge is -2.10. The number of methoxy groups -OCH3 is 1. The number of ether oxygens (including phenoxy) is 1. The van der Waals surface area contributed by atoms with Crippen LogP contribution in [0.15, 0.2) is 86.1 Å². The monoisotopic (exact) mass is 618 g/mol. The molecule has 13 nitrogen and oxygen atoms in total. The molecule has 214 valence electrons. The third-order valence-corrected chi connectivity index (χ3v) is 8.81. The zero-order chi connectivity index (χ0) is 30.1. The molecular formula is C25H22N4O9S3. The van der Waals surface area contributed by atoms with Crippen LogP contribution in [0.3, 0.4) is 0 Å². The first-order valence-electron chi connectivity index (χ1n) is 11.5. The predicted molar refractivity (Wildman–Crippen MR) is 151 cm³/mol. The SMILES string of the molecule is COc1ccccc1NC(=O)/C(N=Nc1ccc(-c2nc3ccc(C)c(S(=O)(=O)O)c3s2)cc1S(=O)(=O)O)=C(\C)O. The Labute approximate surface area is 238 Å². The molecule has 1 amide bonds. The van der Waals surface area contributed by atoms with E-state index in [1.54, 1.807) is 30.3 Å². The molecule has 0 fully saturated rings. The van der Waals surface area contributed by atoms with Gasteiger partial charge in [0.25, 0.3) is 26.1 Å². The Morgan fingerprint density at radius 3 is 2.37 bits per heavy atom. The van der Waals surface area contributed by atoms with Gasteiger partial charge in [0.15, 0.2) is 5.70 Å². The first-order chi connectivity index (χ1) is 19.2. The van der Waals surface area contributed by atoms with E-state index >= 15 is 0 Å². The van der Waals surface area contributed by atoms with Gasteiger partial charge >= 0.3 is 0 Å². The lowest BCUT2D eigenvalue weighted by atomic mass is 10.2. The molecule has 16 heteroatoms. The highest BCUT2D eigenvalue weighted by Crippen LogP contribution is 2.38. The second-order valence-electron chi connectivity index (χ2n) is 8.50. The molecule has 0 aliphatic rings. The van der Waals surface area contributed by atoms with Gasteiger partial charge in [-0.25, -0.2) is 4.98 Å². The molecule has 4 N–H and O–H groups in total. The van der Waals surface area contributed by atoms with Crippen LogP contribution in [-0.2, 0) is 25.0 Å². The molecule has 0 unspecified atom stereocenters. The van der Waals surface area contributed by atoms with Crippen molar-refractivity contribution in [2.75, 3.05) is 12.4 Å². The van der Waals surface area contributed by atoms with Gasteiger partial charge in [-0.1, -0.05) is 18.2 Å². The Hall–Kier alpha value is -4.22. The molecule has 1 heterocycles. The maximum Gasteiger partial charge on any atom is 0.296 e. The number of thiazole rings is 1. The molecule has 41 heavy (non-hydrogen) atoms. The van der Waals surface area contributed by atoms with Crippen LogP contribution in [0.2, 0.25) is 0 Å². The summed E-state index contributed by atoms with van der Waals surface area (Å²) in [5.74, 6) is -1.06. The van der Waals surface area contributed by atoms with Gasteiger partial charge < -0.3 is 15.2 Å². The molecule has 0 bridgehead atoms. The van der Waals surface area contributed by atoms with E-state index in [-0.39, 0.29) is 37.1 Å². The first-order valence-corrected chi connectivity index (χ1v) is 15.2. The number of rotatable bonds is 8. The number of aromatic nitrogens is 1. The normalized spacial score (nSPS) is 12.9. The van der Waals surface area contributed by atoms with Gasteiger partial charge in [0.05, 0.1) is 23.0 Å². The zero-order valence-corrected chi connectivity index (χ0v) is 24.0. The number of azo groups is 1. The number of nitrogens with one attached hydrogen (secondary N) is 1. The van der Waals surface area contributed by atoms with E-state index in [2.05, 4.69) is 20.5 Å². The van der Waals surface area contributed by atoms with Crippen molar-refractivity contribution in [3.63, 3.8) is 0 Å². The number of carbonyl (C=O) groups is 1. The maximum atomic E-state index is 12.8. The number of aryl methyl sites for hydroxylation is 1. The van der Waals surface area contributed by atoms with Gasteiger partial charge in [-0.3, -0.25) is 13.9 Å². The highest BCUT2D eigenvalue weighted by Gasteiger charge is 2.23. The second kappa shape index (κ2) is 11.3. The summed E-state index contributed by atoms with van der Waals surface area (Å²) in [5, 5.41) is 20.3. The Morgan fingerprint density at radius 2 is 1.73 bits per heavy atom. The Bertz CT molecular complexity index is 1960. The summed E-state index contributed by atoms with van der Waals surface area (Å²) in [6, 6.07) is 13.1. The number of allylic oxidation sites excluding steroid dienone is 1. The lowest BCUT2D eigenvalue weighted by Crippen LogP contribution is -2.15. The van der Waals surface area contributed by atoms with E-state index in [0.717, 1.165) is 17.4 Å². The summed E-state index contributed by atoms with van der Waals surface area (Å²) in [4.78, 5) is 16.1. The molecule has 0 saturated carbocycles. The summed E-state index contributed by atoms with van der Waals surface area (Å²) in [6.07, 6.45) is 0. The Kier molecular flexibility index (Phi) is 8.23. The summed E-state index contributed by atoms with van der Waals surface area (Å²) in [5.41, 5.74) is 0.0908. The minimum absolute atomic E-state index is 0.161. The van der Waals surface area contributed by atoms with Crippen LogP contribution < -0.4 is 10.1 Å². The van der Waals surface area contributed by atoms with Crippen LogP contribution in [0, 0.1) is 6.92 Å². The number of anilines is 1. The molecular weight excluding hydrogens is 596 g/mol. The van der Waals surface area contributed by atoms with E-state index in [1.165, 1.54) is 39.2 Å². The average Bonchev–Trinajstić information content (AvgIpc) is 3.31. The van der Waals surface area contributed by atoms with Crippen molar-refractivity contribution in [1.82, 2.24) is 4.98 Å². The fourth-order valence-corrected chi connectivity index (χ4v) is 6.72. The first kappa shape index (κ1) is 29.8. The van der Waals surface area contributed by atoms with Crippen molar-refractivity contribution >= 4 is 59.1 Å². The van der Waals surface area contributed by atoms with Gasteiger partial charge in [0.2, 0.25) is 0 Å². The number of amides is 1. The van der Waals surface area contributed by atoms with E-state index in [0.29, 0.717) is 11.3 Å². The van der Waals surface area contributed by atoms with E-state index in [4.69, 9.17) is 4.74 Å². The maximum absolute atomic E-state index is 12.8. The van der Waals surface area contributed by atoms with Crippen LogP contribution in [0.25, 0.3) is 20.8 Å². The third kappa shape index (κ3) is 6.41. The minimum atomic E-state index is -4.89. The quantitative estimate of drug-likeness (QED) is 0.0869. The number of para-hydroxylation sites is 2. The van der Waals surface area contributed by atoms with Crippen LogP contribution in [-0.4, -0.2) is 49.0 Å². The molecule has 4 rings (SSSR count). The number of fused-ring (bicyclic) bond motifs is 1. The Morgan fingerprint density at radius 1 is 1.02 bits per heavy atom. The molecule has 0 atom stereocenters. The van der Waals surface area contributed by atoms with E-state index < -0.39 is 42.5 Å². The zero-order valence-electron chi connectivity index (χ0n) is 21.6. The summed E-state index contributed by atoms with van der Waals surface area (Å²) in [7, 11) is -8.06. The number of hydrogen-bond donors (Lipinski definition) is 4. The highest BCUT2D eigenvalue weighted by molar-refractivity contribution is 7.86. The lowest BCUT2D eigenvalue weighted by molar-refractivity contribution is -0.113. The fraction of sp³-hybridized carbons (Fsp3) is 0.120. The third-order valence-electron chi connectivity index (χ3n) is 5.62. The van der Waals surface area contributed by atoms with Gasteiger partial charge in [0.1, 0.15) is 32.0 Å². The van der Waals surface area contributed by atoms with E-state index in [1.807, 2.05) is 0 Å². The van der Waals surface area contributed by atoms with Gasteiger partial charge in [-0.15, -0.1) is 21.6 Å². The average molecular weight is 619 g/mol. The summed E-state index contributed by atoms with van der Waals surface area (Å²) >= 11 is 0.889. The number of aliphatic hydroxyl groups is 1. The number of benzene rings is 3. The molecule has 3 aromatic carbocycles. The van der Waals surface area contributed by atoms with Gasteiger partial charge in [0, 0.05) is 5.56 Å². The van der Waals surface area contributed by atoms with Gasteiger partial charge in [-0.2, -0.15) is 16.8 Å². The molecule has 1 aromatic heterocycles.